The van der Waals surface area contributed by atoms with Gasteiger partial charge in [0.15, 0.2) is 0 Å². The van der Waals surface area contributed by atoms with Gasteiger partial charge < -0.3 is 9.47 Å². The first-order valence-corrected chi connectivity index (χ1v) is 5.25. The lowest BCUT2D eigenvalue weighted by Crippen LogP contribution is -2.29. The number of hydrogen-bond acceptors (Lipinski definition) is 3. The summed E-state index contributed by atoms with van der Waals surface area (Å²) in [5.41, 5.74) is 0. The molecule has 1 aliphatic heterocycles. The minimum atomic E-state index is -0.393. The van der Waals surface area contributed by atoms with Gasteiger partial charge in [0.2, 0.25) is 0 Å². The molecule has 0 N–H and O–H groups in total. The molecule has 1 amide bonds. The maximum absolute atomic E-state index is 11.7. The third kappa shape index (κ3) is 2.87. The van der Waals surface area contributed by atoms with Crippen molar-refractivity contribution in [3.63, 3.8) is 0 Å². The third-order valence-electron chi connectivity index (χ3n) is 2.31. The Kier molecular flexibility index (Phi) is 3.45. The number of rotatable bonds is 2. The van der Waals surface area contributed by atoms with E-state index in [0.29, 0.717) is 12.3 Å². The molecule has 0 bridgehead atoms. The number of hydrogen-bond donors (Lipinski definition) is 0. The number of benzene rings is 1. The van der Waals surface area contributed by atoms with Crippen LogP contribution in [0.5, 0.6) is 11.5 Å². The molecule has 0 unspecified atom stereocenters. The minimum Gasteiger partial charge on any atom is -0.497 e. The van der Waals surface area contributed by atoms with Crippen LogP contribution in [0.2, 0.25) is 0 Å². The number of carbonyl (C=O) groups excluding carboxylic acids is 1. The van der Waals surface area contributed by atoms with Crippen molar-refractivity contribution in [3.8, 4) is 11.5 Å². The lowest BCUT2D eigenvalue weighted by Gasteiger charge is -2.17. The molecule has 0 aromatic heterocycles. The summed E-state index contributed by atoms with van der Waals surface area (Å²) < 4.78 is 10.2. The molecule has 4 heteroatoms. The van der Waals surface area contributed by atoms with E-state index in [2.05, 4.69) is 0 Å². The first kappa shape index (κ1) is 11.3. The van der Waals surface area contributed by atoms with E-state index in [4.69, 9.17) is 9.47 Å². The van der Waals surface area contributed by atoms with Crippen LogP contribution >= 0.6 is 0 Å². The molecule has 17 heavy (non-hydrogen) atoms. The van der Waals surface area contributed by atoms with Crippen LogP contribution in [0.3, 0.4) is 0 Å². The SMILES string of the molecule is COc1ccc(OC(=O)N2C=CC=CC2)cc1. The summed E-state index contributed by atoms with van der Waals surface area (Å²) in [6, 6.07) is 6.88. The molecule has 88 valence electrons. The van der Waals surface area contributed by atoms with Crippen LogP contribution < -0.4 is 9.47 Å². The molecule has 0 saturated carbocycles. The van der Waals surface area contributed by atoms with Crippen LogP contribution in [-0.2, 0) is 0 Å². The summed E-state index contributed by atoms with van der Waals surface area (Å²) >= 11 is 0. The second-order valence-electron chi connectivity index (χ2n) is 3.47. The van der Waals surface area contributed by atoms with Gasteiger partial charge in [0.05, 0.1) is 7.11 Å². The molecular formula is C13H13NO3. The van der Waals surface area contributed by atoms with Crippen molar-refractivity contribution in [2.24, 2.45) is 0 Å². The molecule has 0 fully saturated rings. The molecule has 2 rings (SSSR count). The number of amides is 1. The van der Waals surface area contributed by atoms with Gasteiger partial charge >= 0.3 is 6.09 Å². The van der Waals surface area contributed by atoms with Crippen LogP contribution in [0.15, 0.2) is 48.7 Å². The molecule has 1 heterocycles. The van der Waals surface area contributed by atoms with Crippen LogP contribution in [0.25, 0.3) is 0 Å². The van der Waals surface area contributed by atoms with Gasteiger partial charge in [-0.1, -0.05) is 12.2 Å². The molecule has 1 aliphatic rings. The average Bonchev–Trinajstić information content (AvgIpc) is 2.40. The van der Waals surface area contributed by atoms with Crippen molar-refractivity contribution in [3.05, 3.63) is 48.7 Å². The van der Waals surface area contributed by atoms with Gasteiger partial charge in [-0.2, -0.15) is 0 Å². The number of carbonyl (C=O) groups is 1. The summed E-state index contributed by atoms with van der Waals surface area (Å²) in [6.07, 6.45) is 6.85. The Labute approximate surface area is 99.7 Å². The Balaban J connectivity index is 1.97. The van der Waals surface area contributed by atoms with E-state index in [-0.39, 0.29) is 0 Å². The van der Waals surface area contributed by atoms with E-state index in [1.165, 1.54) is 4.90 Å². The second-order valence-corrected chi connectivity index (χ2v) is 3.47. The van der Waals surface area contributed by atoms with Crippen molar-refractivity contribution in [1.82, 2.24) is 4.90 Å². The smallest absolute Gasteiger partial charge is 0.419 e. The topological polar surface area (TPSA) is 38.8 Å². The highest BCUT2D eigenvalue weighted by molar-refractivity contribution is 5.72. The Bertz CT molecular complexity index is 448. The molecule has 0 aliphatic carbocycles. The zero-order valence-electron chi connectivity index (χ0n) is 9.50. The first-order valence-electron chi connectivity index (χ1n) is 5.25. The number of ether oxygens (including phenoxy) is 2. The molecule has 4 nitrogen and oxygen atoms in total. The molecule has 1 aromatic carbocycles. The fraction of sp³-hybridized carbons (Fsp3) is 0.154. The lowest BCUT2D eigenvalue weighted by atomic mass is 10.3. The molecule has 0 radical (unpaired) electrons. The van der Waals surface area contributed by atoms with E-state index in [9.17, 15) is 4.79 Å². The van der Waals surface area contributed by atoms with Crippen LogP contribution in [0, 0.1) is 0 Å². The normalized spacial score (nSPS) is 13.6. The summed E-state index contributed by atoms with van der Waals surface area (Å²) in [7, 11) is 1.59. The van der Waals surface area contributed by atoms with E-state index in [0.717, 1.165) is 5.75 Å². The standard InChI is InChI=1S/C13H13NO3/c1-16-11-5-7-12(8-6-11)17-13(15)14-9-3-2-4-10-14/h2-9H,10H2,1H3. The fourth-order valence-electron chi connectivity index (χ4n) is 1.41. The van der Waals surface area contributed by atoms with Crippen LogP contribution in [0.1, 0.15) is 0 Å². The van der Waals surface area contributed by atoms with Gasteiger partial charge in [0, 0.05) is 12.7 Å². The van der Waals surface area contributed by atoms with Crippen molar-refractivity contribution in [2.45, 2.75) is 0 Å². The number of nitrogens with zero attached hydrogens (tertiary/aromatic N) is 1. The summed E-state index contributed by atoms with van der Waals surface area (Å²) in [5.74, 6) is 1.23. The van der Waals surface area contributed by atoms with Gasteiger partial charge in [0.1, 0.15) is 11.5 Å². The molecule has 0 spiro atoms. The Morgan fingerprint density at radius 2 is 1.88 bits per heavy atom. The predicted octanol–water partition coefficient (Wildman–Crippen LogP) is 2.58. The van der Waals surface area contributed by atoms with Crippen molar-refractivity contribution < 1.29 is 14.3 Å². The Morgan fingerprint density at radius 1 is 1.18 bits per heavy atom. The predicted molar refractivity (Wildman–Crippen MR) is 64.0 cm³/mol. The molecular weight excluding hydrogens is 218 g/mol. The maximum atomic E-state index is 11.7. The van der Waals surface area contributed by atoms with E-state index in [1.54, 1.807) is 43.7 Å². The molecule has 0 atom stereocenters. The minimum absolute atomic E-state index is 0.393. The summed E-state index contributed by atoms with van der Waals surface area (Å²) in [6.45, 7) is 0.533. The van der Waals surface area contributed by atoms with Gasteiger partial charge in [-0.15, -0.1) is 0 Å². The largest absolute Gasteiger partial charge is 0.497 e. The molecule has 0 saturated heterocycles. The number of allylic oxidation sites excluding steroid dienone is 2. The van der Waals surface area contributed by atoms with Gasteiger partial charge in [-0.05, 0) is 30.3 Å². The molecule has 1 aromatic rings. The van der Waals surface area contributed by atoms with Crippen molar-refractivity contribution in [1.29, 1.82) is 0 Å². The quantitative estimate of drug-likeness (QED) is 0.785. The zero-order valence-corrected chi connectivity index (χ0v) is 9.50. The van der Waals surface area contributed by atoms with Gasteiger partial charge in [0.25, 0.3) is 0 Å². The van der Waals surface area contributed by atoms with Gasteiger partial charge in [-0.25, -0.2) is 4.79 Å². The fourth-order valence-corrected chi connectivity index (χ4v) is 1.41. The lowest BCUT2D eigenvalue weighted by molar-refractivity contribution is 0.173. The van der Waals surface area contributed by atoms with E-state index in [1.807, 2.05) is 12.2 Å². The van der Waals surface area contributed by atoms with Crippen LogP contribution in [0.4, 0.5) is 4.79 Å². The summed E-state index contributed by atoms with van der Waals surface area (Å²) in [5, 5.41) is 0. The monoisotopic (exact) mass is 231 g/mol. The second kappa shape index (κ2) is 5.21. The average molecular weight is 231 g/mol. The van der Waals surface area contributed by atoms with E-state index < -0.39 is 6.09 Å². The van der Waals surface area contributed by atoms with E-state index >= 15 is 0 Å². The van der Waals surface area contributed by atoms with Crippen molar-refractivity contribution >= 4 is 6.09 Å². The maximum Gasteiger partial charge on any atom is 0.419 e. The number of methoxy groups -OCH3 is 1. The highest BCUT2D eigenvalue weighted by Gasteiger charge is 2.12. The highest BCUT2D eigenvalue weighted by atomic mass is 16.6. The van der Waals surface area contributed by atoms with Gasteiger partial charge in [-0.3, -0.25) is 4.90 Å². The zero-order chi connectivity index (χ0) is 12.1. The third-order valence-corrected chi connectivity index (χ3v) is 2.31. The highest BCUT2D eigenvalue weighted by Crippen LogP contribution is 2.18. The van der Waals surface area contributed by atoms with Crippen molar-refractivity contribution in [2.75, 3.05) is 13.7 Å². The Hall–Kier alpha value is -2.23. The summed E-state index contributed by atoms with van der Waals surface area (Å²) in [4.78, 5) is 13.2. The first-order chi connectivity index (χ1) is 8.29. The Morgan fingerprint density at radius 3 is 2.47 bits per heavy atom. The van der Waals surface area contributed by atoms with Crippen LogP contribution in [-0.4, -0.2) is 24.6 Å².